The molecule has 3 rings (SSSR count). The van der Waals surface area contributed by atoms with E-state index in [9.17, 15) is 19.1 Å². The summed E-state index contributed by atoms with van der Waals surface area (Å²) < 4.78 is 14.0. The van der Waals surface area contributed by atoms with Crippen LogP contribution in [0.5, 0.6) is 0 Å². The van der Waals surface area contributed by atoms with Crippen molar-refractivity contribution in [3.05, 3.63) is 77.1 Å². The summed E-state index contributed by atoms with van der Waals surface area (Å²) in [7, 11) is 0. The summed E-state index contributed by atoms with van der Waals surface area (Å²) in [6.45, 7) is 0. The van der Waals surface area contributed by atoms with Crippen molar-refractivity contribution in [3.63, 3.8) is 0 Å². The minimum atomic E-state index is -0.999. The average Bonchev–Trinajstić information content (AvgIpc) is 2.83. The van der Waals surface area contributed by atoms with Crippen LogP contribution in [0.1, 0.15) is 17.2 Å². The molecule has 110 valence electrons. The fourth-order valence-corrected chi connectivity index (χ4v) is 2.46. The number of carbonyl (C=O) groups is 2. The minimum absolute atomic E-state index is 0.138. The van der Waals surface area contributed by atoms with Gasteiger partial charge in [-0.25, -0.2) is 4.39 Å². The third-order valence-corrected chi connectivity index (χ3v) is 3.53. The Hall–Kier alpha value is -2.95. The number of nitrogens with one attached hydrogen (secondary N) is 1. The van der Waals surface area contributed by atoms with Gasteiger partial charge in [-0.15, -0.1) is 0 Å². The van der Waals surface area contributed by atoms with Gasteiger partial charge in [0.05, 0.1) is 11.6 Å². The van der Waals surface area contributed by atoms with Crippen molar-refractivity contribution in [2.45, 2.75) is 6.04 Å². The van der Waals surface area contributed by atoms with Crippen LogP contribution in [0.4, 0.5) is 4.39 Å². The van der Waals surface area contributed by atoms with Crippen molar-refractivity contribution >= 4 is 17.4 Å². The van der Waals surface area contributed by atoms with Gasteiger partial charge in [-0.2, -0.15) is 0 Å². The SMILES string of the molecule is O=C1N[C@@H](c2ccccc2F)C(=C(O)c2ccccc2)C1=O. The number of hydrogen-bond donors (Lipinski definition) is 2. The fraction of sp³-hybridized carbons (Fsp3) is 0.0588. The first-order valence-corrected chi connectivity index (χ1v) is 6.67. The quantitative estimate of drug-likeness (QED) is 0.508. The molecule has 2 aromatic rings. The third kappa shape index (κ3) is 2.26. The molecule has 1 atom stereocenters. The molecule has 0 aliphatic carbocycles. The minimum Gasteiger partial charge on any atom is -0.507 e. The summed E-state index contributed by atoms with van der Waals surface area (Å²) in [5.74, 6) is -2.58. The highest BCUT2D eigenvalue weighted by molar-refractivity contribution is 6.46. The summed E-state index contributed by atoms with van der Waals surface area (Å²) in [5, 5.41) is 12.8. The number of ketones is 1. The van der Waals surface area contributed by atoms with E-state index >= 15 is 0 Å². The highest BCUT2D eigenvalue weighted by Gasteiger charge is 2.40. The molecule has 0 saturated carbocycles. The smallest absolute Gasteiger partial charge is 0.293 e. The number of halogens is 1. The Kier molecular flexibility index (Phi) is 3.47. The Bertz CT molecular complexity index is 784. The fourth-order valence-electron chi connectivity index (χ4n) is 2.46. The number of aliphatic hydroxyl groups is 1. The van der Waals surface area contributed by atoms with Gasteiger partial charge < -0.3 is 10.4 Å². The van der Waals surface area contributed by atoms with Gasteiger partial charge in [-0.3, -0.25) is 9.59 Å². The third-order valence-electron chi connectivity index (χ3n) is 3.53. The second-order valence-corrected chi connectivity index (χ2v) is 4.89. The molecule has 2 N–H and O–H groups in total. The van der Waals surface area contributed by atoms with Crippen LogP contribution < -0.4 is 5.32 Å². The zero-order valence-electron chi connectivity index (χ0n) is 11.4. The van der Waals surface area contributed by atoms with Crippen LogP contribution in [0.25, 0.3) is 5.76 Å². The Balaban J connectivity index is 2.16. The number of aliphatic hydroxyl groups excluding tert-OH is 1. The largest absolute Gasteiger partial charge is 0.507 e. The van der Waals surface area contributed by atoms with Crippen LogP contribution in [0.15, 0.2) is 60.2 Å². The number of hydrogen-bond acceptors (Lipinski definition) is 3. The Morgan fingerprint density at radius 2 is 1.64 bits per heavy atom. The molecule has 0 spiro atoms. The highest BCUT2D eigenvalue weighted by atomic mass is 19.1. The van der Waals surface area contributed by atoms with Gasteiger partial charge in [0.15, 0.2) is 0 Å². The monoisotopic (exact) mass is 297 g/mol. The van der Waals surface area contributed by atoms with E-state index in [1.807, 2.05) is 0 Å². The molecule has 1 saturated heterocycles. The predicted molar refractivity (Wildman–Crippen MR) is 78.3 cm³/mol. The second kappa shape index (κ2) is 5.44. The highest BCUT2D eigenvalue weighted by Crippen LogP contribution is 2.33. The standard InChI is InChI=1S/C17H12FNO3/c18-12-9-5-4-8-11(12)14-13(16(21)17(22)19-14)15(20)10-6-2-1-3-7-10/h1-9,14,20H,(H,19,22)/t14-/m0/s1. The van der Waals surface area contributed by atoms with Gasteiger partial charge in [0, 0.05) is 11.1 Å². The summed E-state index contributed by atoms with van der Waals surface area (Å²) in [5.41, 5.74) is 0.393. The number of benzene rings is 2. The van der Waals surface area contributed by atoms with Crippen molar-refractivity contribution in [1.29, 1.82) is 0 Å². The zero-order chi connectivity index (χ0) is 15.7. The first-order valence-electron chi connectivity index (χ1n) is 6.67. The lowest BCUT2D eigenvalue weighted by atomic mass is 9.95. The first kappa shape index (κ1) is 14.0. The maximum atomic E-state index is 14.0. The number of rotatable bonds is 2. The van der Waals surface area contributed by atoms with E-state index in [1.165, 1.54) is 18.2 Å². The van der Waals surface area contributed by atoms with Crippen LogP contribution >= 0.6 is 0 Å². The molecular formula is C17H12FNO3. The van der Waals surface area contributed by atoms with Gasteiger partial charge in [-0.1, -0.05) is 48.5 Å². The van der Waals surface area contributed by atoms with E-state index < -0.39 is 23.5 Å². The van der Waals surface area contributed by atoms with Gasteiger partial charge in [0.2, 0.25) is 0 Å². The lowest BCUT2D eigenvalue weighted by Crippen LogP contribution is -2.21. The molecule has 0 radical (unpaired) electrons. The molecule has 1 heterocycles. The van der Waals surface area contributed by atoms with Gasteiger partial charge in [0.25, 0.3) is 11.7 Å². The van der Waals surface area contributed by atoms with Crippen molar-refractivity contribution < 1.29 is 19.1 Å². The van der Waals surface area contributed by atoms with E-state index in [4.69, 9.17) is 0 Å². The Morgan fingerprint density at radius 3 is 2.32 bits per heavy atom. The molecule has 0 unspecified atom stereocenters. The zero-order valence-corrected chi connectivity index (χ0v) is 11.4. The van der Waals surface area contributed by atoms with Crippen LogP contribution in [-0.2, 0) is 9.59 Å². The molecule has 22 heavy (non-hydrogen) atoms. The van der Waals surface area contributed by atoms with Crippen LogP contribution in [0.2, 0.25) is 0 Å². The van der Waals surface area contributed by atoms with Crippen molar-refractivity contribution in [2.75, 3.05) is 0 Å². The van der Waals surface area contributed by atoms with Crippen molar-refractivity contribution in [1.82, 2.24) is 5.32 Å². The molecule has 2 aromatic carbocycles. The maximum Gasteiger partial charge on any atom is 0.293 e. The molecule has 1 aliphatic heterocycles. The van der Waals surface area contributed by atoms with E-state index in [0.29, 0.717) is 5.56 Å². The summed E-state index contributed by atoms with van der Waals surface area (Å²) in [6.07, 6.45) is 0. The molecule has 1 aliphatic rings. The van der Waals surface area contributed by atoms with Crippen LogP contribution in [-0.4, -0.2) is 16.8 Å². The molecule has 1 amide bonds. The topological polar surface area (TPSA) is 66.4 Å². The molecular weight excluding hydrogens is 285 g/mol. The first-order chi connectivity index (χ1) is 10.6. The maximum absolute atomic E-state index is 14.0. The summed E-state index contributed by atoms with van der Waals surface area (Å²) in [6, 6.07) is 13.2. The average molecular weight is 297 g/mol. The number of Topliss-reactive ketones (excluding diaryl/α,β-unsaturated/α-hetero) is 1. The van der Waals surface area contributed by atoms with Crippen LogP contribution in [0.3, 0.4) is 0 Å². The Labute approximate surface area is 125 Å². The van der Waals surface area contributed by atoms with Crippen molar-refractivity contribution in [3.8, 4) is 0 Å². The summed E-state index contributed by atoms with van der Waals surface area (Å²) in [4.78, 5) is 23.7. The van der Waals surface area contributed by atoms with E-state index in [1.54, 1.807) is 36.4 Å². The lowest BCUT2D eigenvalue weighted by Gasteiger charge is -2.14. The van der Waals surface area contributed by atoms with Crippen molar-refractivity contribution in [2.24, 2.45) is 0 Å². The van der Waals surface area contributed by atoms with E-state index in [-0.39, 0.29) is 16.9 Å². The van der Waals surface area contributed by atoms with Gasteiger partial charge in [-0.05, 0) is 6.07 Å². The Morgan fingerprint density at radius 1 is 1.00 bits per heavy atom. The number of carbonyl (C=O) groups excluding carboxylic acids is 2. The lowest BCUT2D eigenvalue weighted by molar-refractivity contribution is -0.133. The predicted octanol–water partition coefficient (Wildman–Crippen LogP) is 2.54. The summed E-state index contributed by atoms with van der Waals surface area (Å²) >= 11 is 0. The molecule has 0 bridgehead atoms. The number of amides is 1. The van der Waals surface area contributed by atoms with E-state index in [2.05, 4.69) is 5.32 Å². The second-order valence-electron chi connectivity index (χ2n) is 4.89. The molecule has 5 heteroatoms. The van der Waals surface area contributed by atoms with Gasteiger partial charge in [0.1, 0.15) is 11.6 Å². The molecule has 0 aromatic heterocycles. The molecule has 1 fully saturated rings. The van der Waals surface area contributed by atoms with E-state index in [0.717, 1.165) is 0 Å². The molecule has 4 nitrogen and oxygen atoms in total. The van der Waals surface area contributed by atoms with Gasteiger partial charge >= 0.3 is 0 Å². The normalized spacial score (nSPS) is 20.0. The van der Waals surface area contributed by atoms with Crippen LogP contribution in [0, 0.1) is 5.82 Å².